The molecule has 2 aliphatic heterocycles. The van der Waals surface area contributed by atoms with Gasteiger partial charge in [0.15, 0.2) is 11.5 Å². The minimum atomic E-state index is -1.31. The maximum atomic E-state index is 13.1. The molecule has 1 saturated heterocycles. The molecule has 0 aromatic heterocycles. The normalized spacial score (nSPS) is 20.5. The Morgan fingerprint density at radius 1 is 1.13 bits per heavy atom. The summed E-state index contributed by atoms with van der Waals surface area (Å²) < 4.78 is 12.2. The van der Waals surface area contributed by atoms with Crippen molar-refractivity contribution in [2.45, 2.75) is 18.9 Å². The second-order valence-corrected chi connectivity index (χ2v) is 8.13. The number of benzene rings is 2. The summed E-state index contributed by atoms with van der Waals surface area (Å²) in [4.78, 5) is 38.9. The first-order valence-electron chi connectivity index (χ1n) is 9.46. The van der Waals surface area contributed by atoms with Crippen molar-refractivity contribution >= 4 is 39.5 Å². The SMILES string of the molecule is CC1(c2ccc3c(c2)OCCCO3)NC(=O)N(CC(=O)Nc2ccc(Br)cc2)C1=O. The van der Waals surface area contributed by atoms with Gasteiger partial charge in [0.1, 0.15) is 12.1 Å². The number of carbonyl (C=O) groups is 3. The molecule has 2 heterocycles. The summed E-state index contributed by atoms with van der Waals surface area (Å²) >= 11 is 3.32. The highest BCUT2D eigenvalue weighted by Gasteiger charge is 2.49. The number of anilines is 1. The van der Waals surface area contributed by atoms with E-state index in [0.29, 0.717) is 36.0 Å². The maximum Gasteiger partial charge on any atom is 0.325 e. The fourth-order valence-corrected chi connectivity index (χ4v) is 3.65. The predicted molar refractivity (Wildman–Crippen MR) is 112 cm³/mol. The van der Waals surface area contributed by atoms with Gasteiger partial charge in [-0.2, -0.15) is 0 Å². The number of halogens is 1. The molecular formula is C21H20BrN3O5. The van der Waals surface area contributed by atoms with Crippen LogP contribution in [0, 0.1) is 0 Å². The zero-order valence-corrected chi connectivity index (χ0v) is 17.8. The molecule has 0 saturated carbocycles. The minimum absolute atomic E-state index is 0.388. The first kappa shape index (κ1) is 20.2. The van der Waals surface area contributed by atoms with Crippen LogP contribution in [-0.2, 0) is 15.1 Å². The number of nitrogens with zero attached hydrogens (tertiary/aromatic N) is 1. The molecule has 1 fully saturated rings. The van der Waals surface area contributed by atoms with E-state index in [-0.39, 0.29) is 6.54 Å². The fraction of sp³-hybridized carbons (Fsp3) is 0.286. The van der Waals surface area contributed by atoms with Gasteiger partial charge in [-0.05, 0) is 48.9 Å². The van der Waals surface area contributed by atoms with Gasteiger partial charge < -0.3 is 20.1 Å². The Morgan fingerprint density at radius 2 is 1.83 bits per heavy atom. The highest BCUT2D eigenvalue weighted by molar-refractivity contribution is 9.10. The van der Waals surface area contributed by atoms with E-state index in [1.54, 1.807) is 49.4 Å². The van der Waals surface area contributed by atoms with Gasteiger partial charge in [0.25, 0.3) is 5.91 Å². The first-order chi connectivity index (χ1) is 14.4. The summed E-state index contributed by atoms with van der Waals surface area (Å²) in [7, 11) is 0. The third-order valence-electron chi connectivity index (χ3n) is 5.03. The van der Waals surface area contributed by atoms with E-state index < -0.39 is 23.4 Å². The number of rotatable bonds is 4. The quantitative estimate of drug-likeness (QED) is 0.665. The summed E-state index contributed by atoms with van der Waals surface area (Å²) in [5, 5.41) is 5.38. The Balaban J connectivity index is 1.51. The Kier molecular flexibility index (Phi) is 5.38. The van der Waals surface area contributed by atoms with Crippen LogP contribution in [0.15, 0.2) is 46.9 Å². The van der Waals surface area contributed by atoms with Crippen LogP contribution in [0.2, 0.25) is 0 Å². The van der Waals surface area contributed by atoms with Gasteiger partial charge in [-0.15, -0.1) is 0 Å². The van der Waals surface area contributed by atoms with Gasteiger partial charge in [0.05, 0.1) is 13.2 Å². The molecule has 2 aromatic carbocycles. The molecule has 8 nitrogen and oxygen atoms in total. The molecule has 4 rings (SSSR count). The molecule has 9 heteroatoms. The number of imide groups is 1. The van der Waals surface area contributed by atoms with E-state index in [2.05, 4.69) is 26.6 Å². The smallest absolute Gasteiger partial charge is 0.325 e. The van der Waals surface area contributed by atoms with Crippen LogP contribution in [0.4, 0.5) is 10.5 Å². The summed E-state index contributed by atoms with van der Waals surface area (Å²) in [6.07, 6.45) is 0.762. The highest BCUT2D eigenvalue weighted by Crippen LogP contribution is 2.36. The van der Waals surface area contributed by atoms with E-state index in [1.807, 2.05) is 0 Å². The van der Waals surface area contributed by atoms with Crippen molar-refractivity contribution in [2.24, 2.45) is 0 Å². The van der Waals surface area contributed by atoms with E-state index in [9.17, 15) is 14.4 Å². The maximum absolute atomic E-state index is 13.1. The molecule has 30 heavy (non-hydrogen) atoms. The lowest BCUT2D eigenvalue weighted by atomic mass is 9.91. The second-order valence-electron chi connectivity index (χ2n) is 7.21. The molecule has 2 aromatic rings. The van der Waals surface area contributed by atoms with Gasteiger partial charge in [-0.25, -0.2) is 4.79 Å². The van der Waals surface area contributed by atoms with Gasteiger partial charge >= 0.3 is 6.03 Å². The standard InChI is InChI=1S/C21H20BrN3O5/c1-21(13-3-8-16-17(11-13)30-10-2-9-29-16)19(27)25(20(28)24-21)12-18(26)23-15-6-4-14(22)5-7-15/h3-8,11H,2,9-10,12H2,1H3,(H,23,26)(H,24,28). The van der Waals surface area contributed by atoms with Gasteiger partial charge in [-0.3, -0.25) is 14.5 Å². The average Bonchev–Trinajstić information content (AvgIpc) is 2.89. The van der Waals surface area contributed by atoms with Crippen molar-refractivity contribution < 1.29 is 23.9 Å². The van der Waals surface area contributed by atoms with Crippen LogP contribution in [0.5, 0.6) is 11.5 Å². The van der Waals surface area contributed by atoms with Gasteiger partial charge in [0, 0.05) is 16.6 Å². The second kappa shape index (κ2) is 7.98. The van der Waals surface area contributed by atoms with Crippen molar-refractivity contribution in [3.05, 3.63) is 52.5 Å². The average molecular weight is 474 g/mol. The lowest BCUT2D eigenvalue weighted by Gasteiger charge is -2.23. The number of ether oxygens (including phenoxy) is 2. The monoisotopic (exact) mass is 473 g/mol. The molecule has 0 aliphatic carbocycles. The van der Waals surface area contributed by atoms with E-state index >= 15 is 0 Å². The molecule has 4 amide bonds. The lowest BCUT2D eigenvalue weighted by molar-refractivity contribution is -0.133. The van der Waals surface area contributed by atoms with E-state index in [4.69, 9.17) is 9.47 Å². The summed E-state index contributed by atoms with van der Waals surface area (Å²) in [5.41, 5.74) is -0.179. The molecule has 0 radical (unpaired) electrons. The summed E-state index contributed by atoms with van der Waals surface area (Å²) in [5.74, 6) is 0.152. The molecule has 1 atom stereocenters. The first-order valence-corrected chi connectivity index (χ1v) is 10.3. The number of urea groups is 1. The number of fused-ring (bicyclic) bond motifs is 1. The highest BCUT2D eigenvalue weighted by atomic mass is 79.9. The summed E-state index contributed by atoms with van der Waals surface area (Å²) in [6, 6.07) is 11.5. The molecule has 2 N–H and O–H groups in total. The van der Waals surface area contributed by atoms with Crippen LogP contribution >= 0.6 is 15.9 Å². The number of carbonyl (C=O) groups excluding carboxylic acids is 3. The van der Waals surface area contributed by atoms with Crippen LogP contribution in [0.25, 0.3) is 0 Å². The van der Waals surface area contributed by atoms with Crippen molar-refractivity contribution in [2.75, 3.05) is 25.1 Å². The Morgan fingerprint density at radius 3 is 2.57 bits per heavy atom. The van der Waals surface area contributed by atoms with Crippen molar-refractivity contribution in [3.63, 3.8) is 0 Å². The van der Waals surface area contributed by atoms with Crippen LogP contribution < -0.4 is 20.1 Å². The third-order valence-corrected chi connectivity index (χ3v) is 5.56. The van der Waals surface area contributed by atoms with Crippen LogP contribution in [0.3, 0.4) is 0 Å². The molecule has 0 spiro atoms. The number of hydrogen-bond donors (Lipinski definition) is 2. The van der Waals surface area contributed by atoms with Crippen molar-refractivity contribution in [1.29, 1.82) is 0 Å². The van der Waals surface area contributed by atoms with Crippen molar-refractivity contribution in [3.8, 4) is 11.5 Å². The zero-order valence-electron chi connectivity index (χ0n) is 16.2. The third kappa shape index (κ3) is 3.85. The molecule has 156 valence electrons. The number of amides is 4. The Bertz CT molecular complexity index is 1010. The number of hydrogen-bond acceptors (Lipinski definition) is 5. The topological polar surface area (TPSA) is 97.0 Å². The van der Waals surface area contributed by atoms with E-state index in [1.165, 1.54) is 0 Å². The molecule has 0 bridgehead atoms. The minimum Gasteiger partial charge on any atom is -0.490 e. The molecular weight excluding hydrogens is 454 g/mol. The van der Waals surface area contributed by atoms with Gasteiger partial charge in [0.2, 0.25) is 5.91 Å². The number of nitrogens with one attached hydrogen (secondary N) is 2. The molecule has 2 aliphatic rings. The van der Waals surface area contributed by atoms with Crippen molar-refractivity contribution in [1.82, 2.24) is 10.2 Å². The Hall–Kier alpha value is -3.07. The molecule has 1 unspecified atom stereocenters. The van der Waals surface area contributed by atoms with Gasteiger partial charge in [-0.1, -0.05) is 22.0 Å². The zero-order chi connectivity index (χ0) is 21.3. The predicted octanol–water partition coefficient (Wildman–Crippen LogP) is 3.02. The largest absolute Gasteiger partial charge is 0.490 e. The van der Waals surface area contributed by atoms with E-state index in [0.717, 1.165) is 15.8 Å². The van der Waals surface area contributed by atoms with Crippen LogP contribution in [-0.4, -0.2) is 42.5 Å². The fourth-order valence-electron chi connectivity index (χ4n) is 3.39. The summed E-state index contributed by atoms with van der Waals surface area (Å²) in [6.45, 7) is 2.29. The lowest BCUT2D eigenvalue weighted by Crippen LogP contribution is -2.42. The van der Waals surface area contributed by atoms with Crippen LogP contribution in [0.1, 0.15) is 18.9 Å². The Labute approximate surface area is 181 Å².